The zero-order valence-electron chi connectivity index (χ0n) is 18.8. The molecule has 9 nitrogen and oxygen atoms in total. The van der Waals surface area contributed by atoms with Gasteiger partial charge >= 0.3 is 6.09 Å². The van der Waals surface area contributed by atoms with E-state index in [1.54, 1.807) is 30.5 Å². The highest BCUT2D eigenvalue weighted by Gasteiger charge is 2.22. The van der Waals surface area contributed by atoms with Crippen LogP contribution in [0.25, 0.3) is 0 Å². The summed E-state index contributed by atoms with van der Waals surface area (Å²) >= 11 is 0. The van der Waals surface area contributed by atoms with Crippen LogP contribution in [0, 0.1) is 17.2 Å². The van der Waals surface area contributed by atoms with E-state index >= 15 is 0 Å². The molecule has 0 bridgehead atoms. The molecule has 0 saturated carbocycles. The summed E-state index contributed by atoms with van der Waals surface area (Å²) in [7, 11) is 0. The van der Waals surface area contributed by atoms with Crippen LogP contribution in [0.15, 0.2) is 48.7 Å². The molecule has 1 aromatic carbocycles. The molecule has 0 fully saturated rings. The maximum atomic E-state index is 12.6. The molecule has 0 unspecified atom stereocenters. The standard InChI is InChI=1S/C24H29N5O4/c1-17(2)16-21(23(31)27-14-12-25)29-22(30)18-8-10-20(11-9-18)28-24(32)33-15-5-7-19-6-3-4-13-26-19/h3-4,6,8-11,13,17,21H,5,7,14-16H2,1-2H3,(H,27,31)(H,28,32)(H,29,30)/t21-/m0/s1. The largest absolute Gasteiger partial charge is 0.449 e. The predicted octanol–water partition coefficient (Wildman–Crippen LogP) is 3.05. The zero-order valence-corrected chi connectivity index (χ0v) is 18.8. The van der Waals surface area contributed by atoms with Crippen molar-refractivity contribution in [2.24, 2.45) is 5.92 Å². The Morgan fingerprint density at radius 3 is 2.52 bits per heavy atom. The third-order valence-corrected chi connectivity index (χ3v) is 4.60. The molecule has 1 aromatic heterocycles. The van der Waals surface area contributed by atoms with Crippen LogP contribution < -0.4 is 16.0 Å². The van der Waals surface area contributed by atoms with Gasteiger partial charge in [-0.1, -0.05) is 19.9 Å². The fourth-order valence-electron chi connectivity index (χ4n) is 3.02. The van der Waals surface area contributed by atoms with Gasteiger partial charge in [0.1, 0.15) is 12.6 Å². The lowest BCUT2D eigenvalue weighted by molar-refractivity contribution is -0.123. The van der Waals surface area contributed by atoms with E-state index in [0.717, 1.165) is 5.69 Å². The smallest absolute Gasteiger partial charge is 0.411 e. The first-order valence-corrected chi connectivity index (χ1v) is 10.8. The highest BCUT2D eigenvalue weighted by molar-refractivity contribution is 5.98. The van der Waals surface area contributed by atoms with E-state index in [1.165, 1.54) is 0 Å². The number of pyridine rings is 1. The number of nitriles is 1. The summed E-state index contributed by atoms with van der Waals surface area (Å²) in [6.45, 7) is 4.01. The summed E-state index contributed by atoms with van der Waals surface area (Å²) in [6.07, 6.45) is 2.95. The van der Waals surface area contributed by atoms with E-state index in [-0.39, 0.29) is 19.1 Å². The van der Waals surface area contributed by atoms with Crippen molar-refractivity contribution in [3.8, 4) is 6.07 Å². The Morgan fingerprint density at radius 1 is 1.12 bits per heavy atom. The van der Waals surface area contributed by atoms with Gasteiger partial charge in [0, 0.05) is 23.1 Å². The number of hydrogen-bond donors (Lipinski definition) is 3. The first-order valence-electron chi connectivity index (χ1n) is 10.8. The number of carbonyl (C=O) groups excluding carboxylic acids is 3. The van der Waals surface area contributed by atoms with Gasteiger partial charge in [0.05, 0.1) is 12.7 Å². The number of anilines is 1. The Morgan fingerprint density at radius 2 is 1.88 bits per heavy atom. The lowest BCUT2D eigenvalue weighted by Crippen LogP contribution is -2.47. The fourth-order valence-corrected chi connectivity index (χ4v) is 3.02. The molecule has 0 saturated heterocycles. The minimum absolute atomic E-state index is 0.122. The minimum Gasteiger partial charge on any atom is -0.449 e. The molecular formula is C24H29N5O4. The summed E-state index contributed by atoms with van der Waals surface area (Å²) in [6, 6.07) is 13.0. The first-order chi connectivity index (χ1) is 15.9. The van der Waals surface area contributed by atoms with Crippen LogP contribution in [0.1, 0.15) is 42.7 Å². The second kappa shape index (κ2) is 13.5. The van der Waals surface area contributed by atoms with E-state index < -0.39 is 23.9 Å². The van der Waals surface area contributed by atoms with Crippen LogP contribution >= 0.6 is 0 Å². The minimum atomic E-state index is -0.746. The van der Waals surface area contributed by atoms with Crippen molar-refractivity contribution >= 4 is 23.6 Å². The van der Waals surface area contributed by atoms with E-state index in [9.17, 15) is 14.4 Å². The highest BCUT2D eigenvalue weighted by atomic mass is 16.5. The van der Waals surface area contributed by atoms with Gasteiger partial charge < -0.3 is 15.4 Å². The average Bonchev–Trinajstić information content (AvgIpc) is 2.80. The summed E-state index contributed by atoms with van der Waals surface area (Å²) in [5.41, 5.74) is 1.76. The van der Waals surface area contributed by atoms with Crippen molar-refractivity contribution < 1.29 is 19.1 Å². The third-order valence-electron chi connectivity index (χ3n) is 4.60. The van der Waals surface area contributed by atoms with Gasteiger partial charge in [-0.3, -0.25) is 19.9 Å². The Hall–Kier alpha value is -3.93. The summed E-state index contributed by atoms with van der Waals surface area (Å²) in [4.78, 5) is 41.0. The fraction of sp³-hybridized carbons (Fsp3) is 0.375. The van der Waals surface area contributed by atoms with E-state index in [4.69, 9.17) is 10.00 Å². The van der Waals surface area contributed by atoms with Gasteiger partial charge in [0.2, 0.25) is 5.91 Å². The Labute approximate surface area is 193 Å². The number of carbonyl (C=O) groups is 3. The quantitative estimate of drug-likeness (QED) is 0.355. The molecule has 2 rings (SSSR count). The Kier molecular flexibility index (Phi) is 10.3. The maximum absolute atomic E-state index is 12.6. The van der Waals surface area contributed by atoms with E-state index in [0.29, 0.717) is 30.5 Å². The van der Waals surface area contributed by atoms with Gasteiger partial charge in [0.25, 0.3) is 5.91 Å². The van der Waals surface area contributed by atoms with Crippen molar-refractivity contribution in [1.29, 1.82) is 5.26 Å². The number of aromatic nitrogens is 1. The second-order valence-corrected chi connectivity index (χ2v) is 7.79. The predicted molar refractivity (Wildman–Crippen MR) is 123 cm³/mol. The molecule has 1 heterocycles. The molecular weight excluding hydrogens is 422 g/mol. The number of aryl methyl sites for hydroxylation is 1. The zero-order chi connectivity index (χ0) is 24.1. The maximum Gasteiger partial charge on any atom is 0.411 e. The van der Waals surface area contributed by atoms with Gasteiger partial charge in [-0.25, -0.2) is 4.79 Å². The number of amides is 3. The van der Waals surface area contributed by atoms with Crippen LogP contribution in [-0.2, 0) is 16.0 Å². The molecule has 174 valence electrons. The average molecular weight is 452 g/mol. The van der Waals surface area contributed by atoms with Crippen LogP contribution in [0.4, 0.5) is 10.5 Å². The molecule has 3 N–H and O–H groups in total. The SMILES string of the molecule is CC(C)C[C@H](NC(=O)c1ccc(NC(=O)OCCCc2ccccn2)cc1)C(=O)NCC#N. The monoisotopic (exact) mass is 451 g/mol. The normalized spacial score (nSPS) is 11.2. The van der Waals surface area contributed by atoms with Crippen LogP contribution in [0.2, 0.25) is 0 Å². The molecule has 0 spiro atoms. The topological polar surface area (TPSA) is 133 Å². The van der Waals surface area contributed by atoms with Gasteiger partial charge in [0.15, 0.2) is 0 Å². The lowest BCUT2D eigenvalue weighted by atomic mass is 10.0. The molecule has 2 aromatic rings. The molecule has 0 aliphatic heterocycles. The molecule has 0 aliphatic rings. The summed E-state index contributed by atoms with van der Waals surface area (Å²) in [5, 5.41) is 16.4. The lowest BCUT2D eigenvalue weighted by Gasteiger charge is -2.19. The molecule has 0 aliphatic carbocycles. The Balaban J connectivity index is 1.82. The summed E-state index contributed by atoms with van der Waals surface area (Å²) < 4.78 is 5.17. The van der Waals surface area contributed by atoms with Crippen molar-refractivity contribution in [3.05, 3.63) is 59.9 Å². The molecule has 9 heteroatoms. The van der Waals surface area contributed by atoms with Crippen molar-refractivity contribution in [1.82, 2.24) is 15.6 Å². The van der Waals surface area contributed by atoms with E-state index in [1.807, 2.05) is 38.1 Å². The van der Waals surface area contributed by atoms with Crippen LogP contribution in [0.3, 0.4) is 0 Å². The molecule has 0 radical (unpaired) electrons. The third kappa shape index (κ3) is 9.39. The number of nitrogens with zero attached hydrogens (tertiary/aromatic N) is 2. The number of benzene rings is 1. The first kappa shape index (κ1) is 25.3. The van der Waals surface area contributed by atoms with Gasteiger partial charge in [-0.2, -0.15) is 5.26 Å². The number of rotatable bonds is 11. The van der Waals surface area contributed by atoms with Gasteiger partial charge in [-0.05, 0) is 61.6 Å². The number of hydrogen-bond acceptors (Lipinski definition) is 6. The van der Waals surface area contributed by atoms with Crippen molar-refractivity contribution in [3.63, 3.8) is 0 Å². The number of nitrogens with one attached hydrogen (secondary N) is 3. The van der Waals surface area contributed by atoms with Crippen LogP contribution in [-0.4, -0.2) is 42.1 Å². The summed E-state index contributed by atoms with van der Waals surface area (Å²) in [5.74, 6) is -0.649. The molecule has 3 amide bonds. The molecule has 1 atom stereocenters. The second-order valence-electron chi connectivity index (χ2n) is 7.79. The Bertz CT molecular complexity index is 955. The van der Waals surface area contributed by atoms with Crippen molar-refractivity contribution in [2.45, 2.75) is 39.2 Å². The van der Waals surface area contributed by atoms with Gasteiger partial charge in [-0.15, -0.1) is 0 Å². The number of ether oxygens (including phenoxy) is 1. The van der Waals surface area contributed by atoms with E-state index in [2.05, 4.69) is 20.9 Å². The molecule has 33 heavy (non-hydrogen) atoms. The van der Waals surface area contributed by atoms with Crippen molar-refractivity contribution in [2.75, 3.05) is 18.5 Å². The highest BCUT2D eigenvalue weighted by Crippen LogP contribution is 2.12. The van der Waals surface area contributed by atoms with Crippen LogP contribution in [0.5, 0.6) is 0 Å².